The van der Waals surface area contributed by atoms with E-state index in [0.29, 0.717) is 25.3 Å². The minimum Gasteiger partial charge on any atom is -0.484 e. The Kier molecular flexibility index (Phi) is 7.10. The fourth-order valence-corrected chi connectivity index (χ4v) is 3.25. The minimum absolute atomic E-state index is 0.0144. The molecule has 0 bridgehead atoms. The molecule has 27 heavy (non-hydrogen) atoms. The molecule has 1 aliphatic rings. The first-order valence-electron chi connectivity index (χ1n) is 9.21. The predicted molar refractivity (Wildman–Crippen MR) is 106 cm³/mol. The largest absolute Gasteiger partial charge is 0.484 e. The van der Waals surface area contributed by atoms with Crippen LogP contribution in [0.2, 0.25) is 5.02 Å². The molecule has 1 saturated heterocycles. The number of hydrogen-bond acceptors (Lipinski definition) is 4. The highest BCUT2D eigenvalue weighted by Crippen LogP contribution is 2.14. The summed E-state index contributed by atoms with van der Waals surface area (Å²) in [6.07, 6.45) is 0.625. The average molecular weight is 389 g/mol. The summed E-state index contributed by atoms with van der Waals surface area (Å²) in [5, 5.41) is 9.68. The van der Waals surface area contributed by atoms with Crippen molar-refractivity contribution in [2.75, 3.05) is 39.4 Å². The van der Waals surface area contributed by atoms with Gasteiger partial charge in [0.05, 0.1) is 0 Å². The highest BCUT2D eigenvalue weighted by Gasteiger charge is 2.21. The van der Waals surface area contributed by atoms with E-state index in [1.165, 1.54) is 5.56 Å². The van der Waals surface area contributed by atoms with Crippen LogP contribution in [0.15, 0.2) is 48.5 Å². The van der Waals surface area contributed by atoms with Crippen molar-refractivity contribution >= 4 is 17.5 Å². The lowest BCUT2D eigenvalue weighted by Gasteiger charge is -2.34. The van der Waals surface area contributed by atoms with Crippen molar-refractivity contribution < 1.29 is 14.6 Å². The number of aliphatic hydroxyl groups excluding tert-OH is 1. The molecule has 3 rings (SSSR count). The standard InChI is InChI=1S/C21H25ClN2O3/c22-19-5-1-18(2-6-19)15-23-10-12-24(13-11-23)21(26)16-27-20-7-3-17(4-8-20)9-14-25/h1-8,25H,9-16H2. The molecule has 0 saturated carbocycles. The van der Waals surface area contributed by atoms with Crippen molar-refractivity contribution in [2.45, 2.75) is 13.0 Å². The Morgan fingerprint density at radius 2 is 1.59 bits per heavy atom. The summed E-state index contributed by atoms with van der Waals surface area (Å²) in [7, 11) is 0. The zero-order valence-electron chi connectivity index (χ0n) is 15.3. The summed E-state index contributed by atoms with van der Waals surface area (Å²) >= 11 is 5.92. The number of nitrogens with zero attached hydrogens (tertiary/aromatic N) is 2. The summed E-state index contributed by atoms with van der Waals surface area (Å²) < 4.78 is 5.61. The van der Waals surface area contributed by atoms with Crippen LogP contribution in [-0.4, -0.2) is 60.2 Å². The number of piperazine rings is 1. The van der Waals surface area contributed by atoms with Gasteiger partial charge in [-0.15, -0.1) is 0 Å². The van der Waals surface area contributed by atoms with Gasteiger partial charge in [-0.05, 0) is 41.8 Å². The fourth-order valence-electron chi connectivity index (χ4n) is 3.12. The van der Waals surface area contributed by atoms with E-state index in [9.17, 15) is 4.79 Å². The van der Waals surface area contributed by atoms with Gasteiger partial charge in [-0.1, -0.05) is 35.9 Å². The van der Waals surface area contributed by atoms with Gasteiger partial charge in [0.15, 0.2) is 6.61 Å². The van der Waals surface area contributed by atoms with Crippen molar-refractivity contribution in [1.29, 1.82) is 0 Å². The van der Waals surface area contributed by atoms with E-state index in [0.717, 1.165) is 30.2 Å². The molecule has 0 aliphatic carbocycles. The van der Waals surface area contributed by atoms with Crippen LogP contribution in [0.25, 0.3) is 0 Å². The highest BCUT2D eigenvalue weighted by atomic mass is 35.5. The molecule has 1 heterocycles. The maximum Gasteiger partial charge on any atom is 0.260 e. The Balaban J connectivity index is 1.40. The molecule has 0 unspecified atom stereocenters. The summed E-state index contributed by atoms with van der Waals surface area (Å²) in [5.41, 5.74) is 2.28. The zero-order valence-corrected chi connectivity index (χ0v) is 16.1. The number of carbonyl (C=O) groups is 1. The predicted octanol–water partition coefficient (Wildman–Crippen LogP) is 2.60. The Morgan fingerprint density at radius 1 is 0.963 bits per heavy atom. The van der Waals surface area contributed by atoms with E-state index in [-0.39, 0.29) is 19.1 Å². The molecule has 1 fully saturated rings. The van der Waals surface area contributed by atoms with Crippen LogP contribution in [0.4, 0.5) is 0 Å². The fraction of sp³-hybridized carbons (Fsp3) is 0.381. The van der Waals surface area contributed by atoms with Crippen LogP contribution in [0.3, 0.4) is 0 Å². The molecule has 0 atom stereocenters. The van der Waals surface area contributed by atoms with Gasteiger partial charge in [-0.2, -0.15) is 0 Å². The summed E-state index contributed by atoms with van der Waals surface area (Å²) in [6, 6.07) is 15.4. The van der Waals surface area contributed by atoms with E-state index in [2.05, 4.69) is 4.90 Å². The van der Waals surface area contributed by atoms with Gasteiger partial charge >= 0.3 is 0 Å². The molecule has 2 aromatic rings. The van der Waals surface area contributed by atoms with Crippen LogP contribution in [-0.2, 0) is 17.8 Å². The van der Waals surface area contributed by atoms with Crippen LogP contribution < -0.4 is 4.74 Å². The lowest BCUT2D eigenvalue weighted by atomic mass is 10.1. The van der Waals surface area contributed by atoms with E-state index < -0.39 is 0 Å². The Morgan fingerprint density at radius 3 is 2.22 bits per heavy atom. The number of carbonyl (C=O) groups excluding carboxylic acids is 1. The molecule has 1 N–H and O–H groups in total. The Bertz CT molecular complexity index is 726. The highest BCUT2D eigenvalue weighted by molar-refractivity contribution is 6.30. The third-order valence-electron chi connectivity index (χ3n) is 4.73. The number of amides is 1. The SMILES string of the molecule is O=C(COc1ccc(CCO)cc1)N1CCN(Cc2ccc(Cl)cc2)CC1. The molecule has 1 aliphatic heterocycles. The molecule has 0 radical (unpaired) electrons. The molecule has 2 aromatic carbocycles. The first-order valence-corrected chi connectivity index (χ1v) is 9.59. The second kappa shape index (κ2) is 9.74. The van der Waals surface area contributed by atoms with Gasteiger partial charge < -0.3 is 14.7 Å². The van der Waals surface area contributed by atoms with E-state index in [4.69, 9.17) is 21.4 Å². The number of halogens is 1. The van der Waals surface area contributed by atoms with Crippen LogP contribution in [0.1, 0.15) is 11.1 Å². The molecule has 6 heteroatoms. The molecule has 0 spiro atoms. The monoisotopic (exact) mass is 388 g/mol. The summed E-state index contributed by atoms with van der Waals surface area (Å²) in [6.45, 7) is 4.18. The quantitative estimate of drug-likeness (QED) is 0.792. The topological polar surface area (TPSA) is 53.0 Å². The number of aliphatic hydroxyl groups is 1. The lowest BCUT2D eigenvalue weighted by Crippen LogP contribution is -2.49. The van der Waals surface area contributed by atoms with Gasteiger partial charge in [-0.25, -0.2) is 0 Å². The first-order chi connectivity index (χ1) is 13.1. The molecule has 1 amide bonds. The number of rotatable bonds is 7. The third-order valence-corrected chi connectivity index (χ3v) is 4.98. The summed E-state index contributed by atoms with van der Waals surface area (Å²) in [4.78, 5) is 16.6. The molecule has 144 valence electrons. The molecular formula is C21H25ClN2O3. The second-order valence-corrected chi connectivity index (χ2v) is 7.13. The van der Waals surface area contributed by atoms with Gasteiger partial charge in [0.25, 0.3) is 5.91 Å². The minimum atomic E-state index is 0.0144. The summed E-state index contributed by atoms with van der Waals surface area (Å²) in [5.74, 6) is 0.687. The maximum absolute atomic E-state index is 12.4. The van der Waals surface area contributed by atoms with Gasteiger partial charge in [0.1, 0.15) is 5.75 Å². The average Bonchev–Trinajstić information content (AvgIpc) is 2.70. The van der Waals surface area contributed by atoms with E-state index in [1.807, 2.05) is 53.4 Å². The molecule has 5 nitrogen and oxygen atoms in total. The molecular weight excluding hydrogens is 364 g/mol. The van der Waals surface area contributed by atoms with Crippen LogP contribution in [0, 0.1) is 0 Å². The van der Waals surface area contributed by atoms with Crippen molar-refractivity contribution in [2.24, 2.45) is 0 Å². The van der Waals surface area contributed by atoms with Crippen molar-refractivity contribution in [1.82, 2.24) is 9.80 Å². The van der Waals surface area contributed by atoms with Crippen LogP contribution in [0.5, 0.6) is 5.75 Å². The van der Waals surface area contributed by atoms with Crippen molar-refractivity contribution in [3.63, 3.8) is 0 Å². The Hall–Kier alpha value is -2.08. The van der Waals surface area contributed by atoms with Gasteiger partial charge in [-0.3, -0.25) is 9.69 Å². The van der Waals surface area contributed by atoms with Gasteiger partial charge in [0.2, 0.25) is 0 Å². The second-order valence-electron chi connectivity index (χ2n) is 6.69. The van der Waals surface area contributed by atoms with E-state index >= 15 is 0 Å². The van der Waals surface area contributed by atoms with Crippen LogP contribution >= 0.6 is 11.6 Å². The first kappa shape index (κ1) is 19.7. The molecule has 0 aromatic heterocycles. The number of hydrogen-bond donors (Lipinski definition) is 1. The van der Waals surface area contributed by atoms with E-state index in [1.54, 1.807) is 0 Å². The number of ether oxygens (including phenoxy) is 1. The zero-order chi connectivity index (χ0) is 19.1. The number of benzene rings is 2. The smallest absolute Gasteiger partial charge is 0.260 e. The maximum atomic E-state index is 12.4. The van der Waals surface area contributed by atoms with Crippen molar-refractivity contribution in [3.05, 3.63) is 64.7 Å². The van der Waals surface area contributed by atoms with Gasteiger partial charge in [0, 0.05) is 44.4 Å². The lowest BCUT2D eigenvalue weighted by molar-refractivity contribution is -0.135. The third kappa shape index (κ3) is 5.96. The normalized spacial score (nSPS) is 15.0. The van der Waals surface area contributed by atoms with Crippen molar-refractivity contribution in [3.8, 4) is 5.75 Å². The Labute approximate surface area is 165 Å².